The molecule has 0 aliphatic carbocycles. The van der Waals surface area contributed by atoms with E-state index in [0.29, 0.717) is 10.7 Å². The minimum atomic E-state index is -1.03. The second-order valence-corrected chi connectivity index (χ2v) is 4.52. The number of hydrogen-bond acceptors (Lipinski definition) is 3. The quantitative estimate of drug-likeness (QED) is 0.935. The first-order chi connectivity index (χ1) is 9.04. The Morgan fingerprint density at radius 1 is 1.53 bits per heavy atom. The van der Waals surface area contributed by atoms with Crippen LogP contribution in [0.3, 0.4) is 0 Å². The zero-order valence-electron chi connectivity index (χ0n) is 10.6. The number of benzene rings is 1. The number of carboxylic acids is 1. The molecule has 1 aromatic heterocycles. The van der Waals surface area contributed by atoms with Crippen LogP contribution < -0.4 is 0 Å². The van der Waals surface area contributed by atoms with E-state index in [1.807, 2.05) is 13.0 Å². The Hall–Kier alpha value is -1.85. The van der Waals surface area contributed by atoms with Gasteiger partial charge in [-0.05, 0) is 24.6 Å². The first-order valence-corrected chi connectivity index (χ1v) is 5.98. The van der Waals surface area contributed by atoms with Gasteiger partial charge in [-0.1, -0.05) is 17.7 Å². The van der Waals surface area contributed by atoms with Gasteiger partial charge in [-0.15, -0.1) is 0 Å². The molecule has 0 aliphatic rings. The monoisotopic (exact) mass is 280 g/mol. The maximum absolute atomic E-state index is 11.2. The van der Waals surface area contributed by atoms with Crippen molar-refractivity contribution >= 4 is 17.6 Å². The number of hydrogen-bond donors (Lipinski definition) is 1. The summed E-state index contributed by atoms with van der Waals surface area (Å²) < 4.78 is 6.60. The molecule has 0 saturated carbocycles. The van der Waals surface area contributed by atoms with Crippen molar-refractivity contribution in [3.63, 3.8) is 0 Å². The van der Waals surface area contributed by atoms with Gasteiger partial charge < -0.3 is 9.84 Å². The molecule has 19 heavy (non-hydrogen) atoms. The molecule has 0 radical (unpaired) electrons. The second-order valence-electron chi connectivity index (χ2n) is 4.09. The van der Waals surface area contributed by atoms with E-state index in [1.165, 1.54) is 13.3 Å². The fraction of sp³-hybridized carbons (Fsp3) is 0.231. The summed E-state index contributed by atoms with van der Waals surface area (Å²) in [6, 6.07) is 5.38. The van der Waals surface area contributed by atoms with E-state index in [-0.39, 0.29) is 12.2 Å². The Balaban J connectivity index is 2.61. The third-order valence-electron chi connectivity index (χ3n) is 2.78. The summed E-state index contributed by atoms with van der Waals surface area (Å²) in [6.45, 7) is 2.07. The van der Waals surface area contributed by atoms with E-state index < -0.39 is 5.97 Å². The van der Waals surface area contributed by atoms with Crippen molar-refractivity contribution in [1.29, 1.82) is 0 Å². The molecular formula is C13H13ClN2O3. The minimum absolute atomic E-state index is 0.126. The van der Waals surface area contributed by atoms with E-state index >= 15 is 0 Å². The van der Waals surface area contributed by atoms with E-state index in [4.69, 9.17) is 21.4 Å². The van der Waals surface area contributed by atoms with Crippen LogP contribution in [0.2, 0.25) is 5.02 Å². The number of halogens is 1. The van der Waals surface area contributed by atoms with Crippen LogP contribution in [0.15, 0.2) is 24.4 Å². The number of aromatic carboxylic acids is 1. The zero-order valence-corrected chi connectivity index (χ0v) is 11.3. The number of aromatic nitrogens is 2. The molecule has 0 spiro atoms. The van der Waals surface area contributed by atoms with Crippen LogP contribution in [0.1, 0.15) is 21.6 Å². The summed E-state index contributed by atoms with van der Waals surface area (Å²) in [7, 11) is 1.51. The van der Waals surface area contributed by atoms with Gasteiger partial charge in [0, 0.05) is 12.1 Å². The lowest BCUT2D eigenvalue weighted by atomic mass is 10.2. The van der Waals surface area contributed by atoms with Crippen molar-refractivity contribution in [3.05, 3.63) is 46.2 Å². The van der Waals surface area contributed by atoms with Gasteiger partial charge in [0.05, 0.1) is 24.2 Å². The van der Waals surface area contributed by atoms with Crippen LogP contribution in [0.5, 0.6) is 0 Å². The normalized spacial score (nSPS) is 10.7. The predicted molar refractivity (Wildman–Crippen MR) is 71.0 cm³/mol. The third kappa shape index (κ3) is 2.62. The van der Waals surface area contributed by atoms with Gasteiger partial charge >= 0.3 is 5.97 Å². The Labute approximate surface area is 115 Å². The average molecular weight is 281 g/mol. The van der Waals surface area contributed by atoms with Crippen molar-refractivity contribution in [2.45, 2.75) is 13.5 Å². The first kappa shape index (κ1) is 13.6. The van der Waals surface area contributed by atoms with Crippen LogP contribution in [0.4, 0.5) is 0 Å². The average Bonchev–Trinajstić information content (AvgIpc) is 2.76. The number of nitrogens with zero attached hydrogens (tertiary/aromatic N) is 2. The molecule has 1 N–H and O–H groups in total. The molecule has 100 valence electrons. The van der Waals surface area contributed by atoms with Crippen molar-refractivity contribution < 1.29 is 14.6 Å². The largest absolute Gasteiger partial charge is 0.478 e. The molecule has 0 atom stereocenters. The van der Waals surface area contributed by atoms with Crippen molar-refractivity contribution in [2.75, 3.05) is 7.11 Å². The molecule has 0 bridgehead atoms. The van der Waals surface area contributed by atoms with Gasteiger partial charge in [0.1, 0.15) is 5.56 Å². The van der Waals surface area contributed by atoms with Gasteiger partial charge in [-0.25, -0.2) is 9.48 Å². The molecule has 1 heterocycles. The fourth-order valence-electron chi connectivity index (χ4n) is 1.85. The van der Waals surface area contributed by atoms with Gasteiger partial charge in [0.2, 0.25) is 0 Å². The Bertz CT molecular complexity index is 622. The second kappa shape index (κ2) is 5.42. The first-order valence-electron chi connectivity index (χ1n) is 5.60. The van der Waals surface area contributed by atoms with Crippen LogP contribution >= 0.6 is 11.6 Å². The smallest absolute Gasteiger partial charge is 0.339 e. The number of methoxy groups -OCH3 is 1. The third-order valence-corrected chi connectivity index (χ3v) is 3.01. The maximum atomic E-state index is 11.2. The lowest BCUT2D eigenvalue weighted by Gasteiger charge is -2.11. The minimum Gasteiger partial charge on any atom is -0.478 e. The van der Waals surface area contributed by atoms with Gasteiger partial charge in [-0.2, -0.15) is 5.10 Å². The fourth-order valence-corrected chi connectivity index (χ4v) is 2.01. The van der Waals surface area contributed by atoms with Crippen molar-refractivity contribution in [3.8, 4) is 5.69 Å². The maximum Gasteiger partial charge on any atom is 0.339 e. The molecule has 2 aromatic rings. The Morgan fingerprint density at radius 2 is 2.26 bits per heavy atom. The van der Waals surface area contributed by atoms with Crippen molar-refractivity contribution in [2.24, 2.45) is 0 Å². The zero-order chi connectivity index (χ0) is 14.0. The highest BCUT2D eigenvalue weighted by Gasteiger charge is 2.18. The van der Waals surface area contributed by atoms with Crippen LogP contribution in [0, 0.1) is 6.92 Å². The van der Waals surface area contributed by atoms with Crippen LogP contribution in [-0.2, 0) is 11.3 Å². The molecule has 0 fully saturated rings. The molecule has 2 rings (SSSR count). The standard InChI is InChI=1S/C13H13ClN2O3/c1-8-3-4-9(14)5-11(8)16-12(7-19-2)10(6-15-16)13(17)18/h3-6H,7H2,1-2H3,(H,17,18). The summed E-state index contributed by atoms with van der Waals surface area (Å²) in [6.07, 6.45) is 1.32. The van der Waals surface area contributed by atoms with E-state index in [2.05, 4.69) is 5.10 Å². The molecule has 0 amide bonds. The summed E-state index contributed by atoms with van der Waals surface area (Å²) in [5, 5.41) is 13.8. The summed E-state index contributed by atoms with van der Waals surface area (Å²) in [4.78, 5) is 11.2. The highest BCUT2D eigenvalue weighted by Crippen LogP contribution is 2.22. The number of aryl methyl sites for hydroxylation is 1. The molecule has 6 heteroatoms. The molecule has 1 aromatic carbocycles. The van der Waals surface area contributed by atoms with E-state index in [1.54, 1.807) is 16.8 Å². The predicted octanol–water partition coefficient (Wildman–Crippen LogP) is 2.68. The highest BCUT2D eigenvalue weighted by molar-refractivity contribution is 6.30. The highest BCUT2D eigenvalue weighted by atomic mass is 35.5. The lowest BCUT2D eigenvalue weighted by Crippen LogP contribution is -2.08. The summed E-state index contributed by atoms with van der Waals surface area (Å²) in [5.74, 6) is -1.03. The van der Waals surface area contributed by atoms with Crippen molar-refractivity contribution in [1.82, 2.24) is 9.78 Å². The SMILES string of the molecule is COCc1c(C(=O)O)cnn1-c1cc(Cl)ccc1C. The lowest BCUT2D eigenvalue weighted by molar-refractivity contribution is 0.0691. The Morgan fingerprint density at radius 3 is 2.89 bits per heavy atom. The summed E-state index contributed by atoms with van der Waals surface area (Å²) >= 11 is 5.98. The van der Waals surface area contributed by atoms with Crippen LogP contribution in [0.25, 0.3) is 5.69 Å². The van der Waals surface area contributed by atoms with E-state index in [9.17, 15) is 4.79 Å². The molecule has 0 saturated heterocycles. The molecule has 0 aliphatic heterocycles. The van der Waals surface area contributed by atoms with Gasteiger partial charge in [0.15, 0.2) is 0 Å². The number of rotatable bonds is 4. The molecular weight excluding hydrogens is 268 g/mol. The Kier molecular flexibility index (Phi) is 3.87. The van der Waals surface area contributed by atoms with Gasteiger partial charge in [0.25, 0.3) is 0 Å². The number of ether oxygens (including phenoxy) is 1. The topological polar surface area (TPSA) is 64.3 Å². The molecule has 5 nitrogen and oxygen atoms in total. The van der Waals surface area contributed by atoms with E-state index in [0.717, 1.165) is 11.3 Å². The molecule has 0 unspecified atom stereocenters. The van der Waals surface area contributed by atoms with Gasteiger partial charge in [-0.3, -0.25) is 0 Å². The number of carbonyl (C=O) groups is 1. The number of carboxylic acid groups (broad SMARTS) is 1. The summed E-state index contributed by atoms with van der Waals surface area (Å²) in [5.41, 5.74) is 2.30. The van der Waals surface area contributed by atoms with Crippen LogP contribution in [-0.4, -0.2) is 28.0 Å².